The molecule has 18 aromatic rings. The lowest BCUT2D eigenvalue weighted by Gasteiger charge is -2.10. The number of nitrogens with zero attached hydrogens (tertiary/aromatic N) is 6. The van der Waals surface area contributed by atoms with Gasteiger partial charge in [0.05, 0.1) is 65.0 Å². The zero-order valence-corrected chi connectivity index (χ0v) is 45.8. The molecule has 386 valence electrons. The predicted octanol–water partition coefficient (Wildman–Crippen LogP) is 20.4. The molecule has 0 unspecified atom stereocenters. The first-order valence-electron chi connectivity index (χ1n) is 27.8. The number of hydrogen-bond donors (Lipinski definition) is 0. The van der Waals surface area contributed by atoms with Crippen molar-refractivity contribution in [3.8, 4) is 67.8 Å². The van der Waals surface area contributed by atoms with E-state index in [9.17, 15) is 0 Å². The molecule has 0 fully saturated rings. The Hall–Kier alpha value is -10.6. The summed E-state index contributed by atoms with van der Waals surface area (Å²) >= 11 is 3.55. The zero-order chi connectivity index (χ0) is 54.3. The molecule has 0 saturated heterocycles. The van der Waals surface area contributed by atoms with Crippen molar-refractivity contribution >= 4 is 129 Å². The molecule has 0 aliphatic rings. The third-order valence-electron chi connectivity index (χ3n) is 16.5. The molecule has 83 heavy (non-hydrogen) atoms. The van der Waals surface area contributed by atoms with Crippen LogP contribution >= 0.6 is 22.7 Å². The van der Waals surface area contributed by atoms with Gasteiger partial charge in [-0.25, -0.2) is 19.9 Å². The summed E-state index contributed by atoms with van der Waals surface area (Å²) in [5, 5.41) is 9.24. The first-order valence-corrected chi connectivity index (χ1v) is 29.4. The molecule has 0 atom stereocenters. The summed E-state index contributed by atoms with van der Waals surface area (Å²) in [5.74, 6) is 1.36. The van der Waals surface area contributed by atoms with Gasteiger partial charge in [-0.05, 0) is 83.9 Å². The number of fused-ring (bicyclic) bond motifs is 16. The monoisotopic (exact) mass is 1090 g/mol. The summed E-state index contributed by atoms with van der Waals surface area (Å²) in [4.78, 5) is 21.8. The van der Waals surface area contributed by atoms with Gasteiger partial charge in [0, 0.05) is 75.0 Å². The van der Waals surface area contributed by atoms with Gasteiger partial charge in [-0.15, -0.1) is 22.7 Å². The van der Waals surface area contributed by atoms with Crippen LogP contribution in [0.3, 0.4) is 0 Å². The highest BCUT2D eigenvalue weighted by atomic mass is 32.1. The molecule has 0 spiro atoms. The number of benzene rings is 11. The van der Waals surface area contributed by atoms with Gasteiger partial charge in [0.1, 0.15) is 11.2 Å². The lowest BCUT2D eigenvalue weighted by Crippen LogP contribution is -1.95. The standard InChI is InChI=1S/C74H42N6OS2/c1-4-18-44(19-5-1)66-71-69(55-41-54-50-26-10-13-29-56(50)80(60(54)42-63(55)82-71)58-31-17-33-62-64(58)52-28-12-15-32-61(52)81-62)78-74(76-66)48-23-16-22-47(40-48)43-34-36-46(37-35-43)73-75-67(45-20-6-2-7-21-45)72-68(77-73)53-38-39-59-65(70(53)83-72)51-27-11-14-30-57(51)79(59)49-24-8-3-9-25-49/h1-42H. The van der Waals surface area contributed by atoms with E-state index in [2.05, 4.69) is 252 Å². The number of rotatable bonds is 7. The van der Waals surface area contributed by atoms with Crippen LogP contribution in [-0.2, 0) is 0 Å². The van der Waals surface area contributed by atoms with Crippen molar-refractivity contribution in [1.82, 2.24) is 29.1 Å². The van der Waals surface area contributed by atoms with Crippen LogP contribution < -0.4 is 0 Å². The fourth-order valence-corrected chi connectivity index (χ4v) is 15.3. The van der Waals surface area contributed by atoms with E-state index in [1.54, 1.807) is 22.7 Å². The highest BCUT2D eigenvalue weighted by molar-refractivity contribution is 7.27. The number of furan rings is 1. The zero-order valence-electron chi connectivity index (χ0n) is 44.2. The van der Waals surface area contributed by atoms with Gasteiger partial charge >= 0.3 is 0 Å². The van der Waals surface area contributed by atoms with E-state index < -0.39 is 0 Å². The molecule has 0 aliphatic carbocycles. The summed E-state index contributed by atoms with van der Waals surface area (Å²) in [6.07, 6.45) is 0. The van der Waals surface area contributed by atoms with Crippen LogP contribution in [0.15, 0.2) is 259 Å². The maximum Gasteiger partial charge on any atom is 0.160 e. The smallest absolute Gasteiger partial charge is 0.160 e. The predicted molar refractivity (Wildman–Crippen MR) is 347 cm³/mol. The summed E-state index contributed by atoms with van der Waals surface area (Å²) < 4.78 is 15.7. The minimum Gasteiger partial charge on any atom is -0.456 e. The van der Waals surface area contributed by atoms with Crippen molar-refractivity contribution in [2.24, 2.45) is 0 Å². The Bertz CT molecular complexity index is 5680. The molecule has 18 rings (SSSR count). The largest absolute Gasteiger partial charge is 0.456 e. The average Bonchev–Trinajstić information content (AvgIpc) is 3.95. The number of hydrogen-bond acceptors (Lipinski definition) is 7. The second-order valence-corrected chi connectivity index (χ2v) is 23.3. The van der Waals surface area contributed by atoms with Crippen molar-refractivity contribution in [3.63, 3.8) is 0 Å². The molecule has 7 nitrogen and oxygen atoms in total. The van der Waals surface area contributed by atoms with Crippen LogP contribution in [-0.4, -0.2) is 29.1 Å². The topological polar surface area (TPSA) is 74.6 Å². The minimum absolute atomic E-state index is 0.676. The lowest BCUT2D eigenvalue weighted by molar-refractivity contribution is 0.669. The highest BCUT2D eigenvalue weighted by Gasteiger charge is 2.24. The van der Waals surface area contributed by atoms with E-state index in [1.807, 2.05) is 12.1 Å². The van der Waals surface area contributed by atoms with E-state index in [0.717, 1.165) is 125 Å². The minimum atomic E-state index is 0.676. The third-order valence-corrected chi connectivity index (χ3v) is 18.9. The van der Waals surface area contributed by atoms with Gasteiger partial charge in [-0.3, -0.25) is 0 Å². The van der Waals surface area contributed by atoms with E-state index >= 15 is 0 Å². The van der Waals surface area contributed by atoms with Gasteiger partial charge in [-0.2, -0.15) is 0 Å². The Kier molecular flexibility index (Phi) is 10.00. The number of thiophene rings is 2. The van der Waals surface area contributed by atoms with Crippen LogP contribution in [0, 0.1) is 0 Å². The van der Waals surface area contributed by atoms with Crippen LogP contribution in [0.4, 0.5) is 0 Å². The van der Waals surface area contributed by atoms with Crippen molar-refractivity contribution in [3.05, 3.63) is 255 Å². The first kappa shape index (κ1) is 46.2. The SMILES string of the molecule is c1ccc(-c2nc(-c3cccc(-c4ccc(-c5nc(-c6ccccc6)c6sc7c(ccc8c7c7ccccc7n8-c7ccccc7)c6n5)cc4)c3)nc3c2sc2cc4c(cc23)c2ccccc2n4-c2cccc3oc4ccccc4c23)cc1. The van der Waals surface area contributed by atoms with Crippen molar-refractivity contribution < 1.29 is 4.42 Å². The van der Waals surface area contributed by atoms with Gasteiger partial charge in [0.2, 0.25) is 0 Å². The molecular weight excluding hydrogens is 1050 g/mol. The molecule has 0 radical (unpaired) electrons. The molecule has 0 amide bonds. The fraction of sp³-hybridized carbons (Fsp3) is 0. The van der Waals surface area contributed by atoms with Gasteiger partial charge in [-0.1, -0.05) is 182 Å². The first-order chi connectivity index (χ1) is 41.1. The van der Waals surface area contributed by atoms with Crippen LogP contribution in [0.1, 0.15) is 0 Å². The Labute approximate surface area is 481 Å². The highest BCUT2D eigenvalue weighted by Crippen LogP contribution is 2.48. The maximum absolute atomic E-state index is 6.41. The second-order valence-electron chi connectivity index (χ2n) is 21.2. The van der Waals surface area contributed by atoms with E-state index in [4.69, 9.17) is 24.4 Å². The summed E-state index contributed by atoms with van der Waals surface area (Å²) in [5.41, 5.74) is 18.5. The molecule has 0 N–H and O–H groups in total. The average molecular weight is 1100 g/mol. The van der Waals surface area contributed by atoms with Gasteiger partial charge in [0.15, 0.2) is 11.6 Å². The lowest BCUT2D eigenvalue weighted by atomic mass is 10.0. The van der Waals surface area contributed by atoms with Crippen LogP contribution in [0.25, 0.3) is 174 Å². The van der Waals surface area contributed by atoms with Gasteiger partial charge < -0.3 is 13.6 Å². The normalized spacial score (nSPS) is 12.1. The van der Waals surface area contributed by atoms with Crippen molar-refractivity contribution in [1.29, 1.82) is 0 Å². The van der Waals surface area contributed by atoms with Gasteiger partial charge in [0.25, 0.3) is 0 Å². The third kappa shape index (κ3) is 7.02. The fourth-order valence-electron chi connectivity index (χ4n) is 12.8. The second kappa shape index (κ2) is 18.0. The Morgan fingerprint density at radius 1 is 0.301 bits per heavy atom. The van der Waals surface area contributed by atoms with E-state index in [1.165, 1.54) is 37.3 Å². The molecular formula is C74H42N6OS2. The molecule has 11 aromatic carbocycles. The molecule has 0 bridgehead atoms. The van der Waals surface area contributed by atoms with E-state index in [0.29, 0.717) is 11.6 Å². The number of para-hydroxylation sites is 4. The van der Waals surface area contributed by atoms with E-state index in [-0.39, 0.29) is 0 Å². The van der Waals surface area contributed by atoms with Crippen molar-refractivity contribution in [2.45, 2.75) is 0 Å². The molecule has 7 aromatic heterocycles. The Balaban J connectivity index is 0.760. The Morgan fingerprint density at radius 3 is 1.64 bits per heavy atom. The van der Waals surface area contributed by atoms with Crippen LogP contribution in [0.2, 0.25) is 0 Å². The molecule has 0 saturated carbocycles. The van der Waals surface area contributed by atoms with Crippen molar-refractivity contribution in [2.75, 3.05) is 0 Å². The summed E-state index contributed by atoms with van der Waals surface area (Å²) in [6.45, 7) is 0. The summed E-state index contributed by atoms with van der Waals surface area (Å²) in [6, 6.07) is 90.4. The van der Waals surface area contributed by atoms with Crippen LogP contribution in [0.5, 0.6) is 0 Å². The molecule has 7 heterocycles. The quantitative estimate of drug-likeness (QED) is 0.159. The summed E-state index contributed by atoms with van der Waals surface area (Å²) in [7, 11) is 0. The maximum atomic E-state index is 6.41. The number of aromatic nitrogens is 6. The molecule has 9 heteroatoms. The Morgan fingerprint density at radius 2 is 0.880 bits per heavy atom. The molecule has 0 aliphatic heterocycles.